The monoisotopic (exact) mass is 347 g/mol. The highest BCUT2D eigenvalue weighted by molar-refractivity contribution is 7.12. The fraction of sp³-hybridized carbons (Fsp3) is 0.471. The summed E-state index contributed by atoms with van der Waals surface area (Å²) in [6, 6.07) is 3.87. The molecule has 3 rings (SSSR count). The summed E-state index contributed by atoms with van der Waals surface area (Å²) < 4.78 is 0. The van der Waals surface area contributed by atoms with Crippen LogP contribution < -0.4 is 16.0 Å². The minimum absolute atomic E-state index is 0. The lowest BCUT2D eigenvalue weighted by atomic mass is 10.0. The molecule has 6 nitrogen and oxygen atoms in total. The number of nitrogens with zero attached hydrogens (tertiary/aromatic N) is 3. The Kier molecular flexibility index (Phi) is 5.11. The number of pyridine rings is 1. The summed E-state index contributed by atoms with van der Waals surface area (Å²) in [5.41, 5.74) is 6.21. The molecular weight excluding hydrogens is 322 g/mol. The molecule has 24 heavy (non-hydrogen) atoms. The van der Waals surface area contributed by atoms with Gasteiger partial charge < -0.3 is 16.0 Å². The van der Waals surface area contributed by atoms with Crippen molar-refractivity contribution in [3.63, 3.8) is 0 Å². The predicted octanol–water partition coefficient (Wildman–Crippen LogP) is 2.42. The Morgan fingerprint density at radius 2 is 2.42 bits per heavy atom. The third-order valence-corrected chi connectivity index (χ3v) is 4.93. The second-order valence-corrected chi connectivity index (χ2v) is 7.36. The molecule has 3 heterocycles. The van der Waals surface area contributed by atoms with Crippen LogP contribution in [0.4, 0.5) is 11.6 Å². The molecule has 0 radical (unpaired) electrons. The Balaban J connectivity index is 0.00000225. The van der Waals surface area contributed by atoms with Gasteiger partial charge in [-0.2, -0.15) is 0 Å². The molecule has 1 saturated heterocycles. The predicted molar refractivity (Wildman–Crippen MR) is 99.8 cm³/mol. The first-order chi connectivity index (χ1) is 11.5. The lowest BCUT2D eigenvalue weighted by Gasteiger charge is -2.34. The van der Waals surface area contributed by atoms with Crippen molar-refractivity contribution in [1.82, 2.24) is 15.3 Å². The first kappa shape index (κ1) is 16.9. The standard InChI is InChI=1S/C17H23N5OS.H2/c1-11(2)8-12-9-22(7-6-19-12)14-10-24-17(21-14)15(23)13-4-3-5-20-16(13)18;/h3-5,10-12,19H,6-9H2,1-2H3,(H2,18,20);1H/t12-;/m0./s1. The molecule has 0 aliphatic carbocycles. The quantitative estimate of drug-likeness (QED) is 0.808. The number of carbonyl (C=O) groups excluding carboxylic acids is 1. The molecule has 130 valence electrons. The molecule has 0 unspecified atom stereocenters. The van der Waals surface area contributed by atoms with Gasteiger partial charge in [0.25, 0.3) is 0 Å². The van der Waals surface area contributed by atoms with E-state index in [1.807, 2.05) is 5.38 Å². The Bertz CT molecular complexity index is 721. The van der Waals surface area contributed by atoms with Crippen LogP contribution in [-0.2, 0) is 0 Å². The van der Waals surface area contributed by atoms with Crippen LogP contribution in [0.3, 0.4) is 0 Å². The number of nitrogens with two attached hydrogens (primary N) is 1. The van der Waals surface area contributed by atoms with Crippen molar-refractivity contribution in [2.75, 3.05) is 30.3 Å². The number of hydrogen-bond donors (Lipinski definition) is 2. The molecule has 0 spiro atoms. The third kappa shape index (κ3) is 3.73. The molecule has 0 aromatic carbocycles. The van der Waals surface area contributed by atoms with E-state index in [1.54, 1.807) is 18.3 Å². The summed E-state index contributed by atoms with van der Waals surface area (Å²) in [6.07, 6.45) is 2.72. The van der Waals surface area contributed by atoms with Gasteiger partial charge in [-0.3, -0.25) is 4.79 Å². The van der Waals surface area contributed by atoms with Crippen molar-refractivity contribution in [2.24, 2.45) is 5.92 Å². The van der Waals surface area contributed by atoms with Gasteiger partial charge in [0, 0.05) is 38.7 Å². The Morgan fingerprint density at radius 1 is 1.58 bits per heavy atom. The number of aromatic nitrogens is 2. The second-order valence-electron chi connectivity index (χ2n) is 6.50. The maximum absolute atomic E-state index is 12.6. The summed E-state index contributed by atoms with van der Waals surface area (Å²) in [7, 11) is 0. The highest BCUT2D eigenvalue weighted by Crippen LogP contribution is 2.24. The lowest BCUT2D eigenvalue weighted by molar-refractivity contribution is 0.103. The van der Waals surface area contributed by atoms with Crippen molar-refractivity contribution < 1.29 is 6.22 Å². The molecule has 0 bridgehead atoms. The van der Waals surface area contributed by atoms with E-state index in [1.165, 1.54) is 11.3 Å². The zero-order chi connectivity index (χ0) is 17.1. The molecule has 7 heteroatoms. The summed E-state index contributed by atoms with van der Waals surface area (Å²) in [6.45, 7) is 7.23. The fourth-order valence-corrected chi connectivity index (χ4v) is 3.78. The number of nitrogens with one attached hydrogen (secondary N) is 1. The van der Waals surface area contributed by atoms with Crippen LogP contribution in [0, 0.1) is 5.92 Å². The summed E-state index contributed by atoms with van der Waals surface area (Å²) in [4.78, 5) is 23.3. The number of anilines is 2. The van der Waals surface area contributed by atoms with Gasteiger partial charge in [0.15, 0.2) is 5.01 Å². The van der Waals surface area contributed by atoms with E-state index in [2.05, 4.69) is 34.0 Å². The number of nitrogen functional groups attached to an aromatic ring is 1. The van der Waals surface area contributed by atoms with Crippen LogP contribution in [0.15, 0.2) is 23.7 Å². The molecule has 1 fully saturated rings. The maximum Gasteiger partial charge on any atom is 0.225 e. The number of hydrogen-bond acceptors (Lipinski definition) is 7. The molecule has 1 aliphatic heterocycles. The maximum atomic E-state index is 12.6. The zero-order valence-corrected chi connectivity index (χ0v) is 14.8. The molecule has 3 N–H and O–H groups in total. The average Bonchev–Trinajstić information content (AvgIpc) is 3.04. The van der Waals surface area contributed by atoms with E-state index in [-0.39, 0.29) is 13.0 Å². The van der Waals surface area contributed by atoms with Crippen LogP contribution in [0.2, 0.25) is 0 Å². The lowest BCUT2D eigenvalue weighted by Crippen LogP contribution is -2.51. The van der Waals surface area contributed by atoms with Crippen LogP contribution in [0.1, 0.15) is 37.1 Å². The molecule has 2 aromatic heterocycles. The van der Waals surface area contributed by atoms with Crippen LogP contribution >= 0.6 is 11.3 Å². The van der Waals surface area contributed by atoms with Crippen molar-refractivity contribution in [1.29, 1.82) is 0 Å². The van der Waals surface area contributed by atoms with E-state index in [4.69, 9.17) is 5.73 Å². The van der Waals surface area contributed by atoms with E-state index in [0.717, 1.165) is 31.9 Å². The number of rotatable bonds is 5. The molecule has 0 amide bonds. The topological polar surface area (TPSA) is 84.1 Å². The van der Waals surface area contributed by atoms with Gasteiger partial charge in [0.2, 0.25) is 5.78 Å². The Hall–Kier alpha value is -1.99. The van der Waals surface area contributed by atoms with Gasteiger partial charge in [0.05, 0.1) is 5.56 Å². The minimum atomic E-state index is -0.161. The largest absolute Gasteiger partial charge is 0.383 e. The van der Waals surface area contributed by atoms with E-state index < -0.39 is 0 Å². The van der Waals surface area contributed by atoms with Gasteiger partial charge in [-0.1, -0.05) is 13.8 Å². The zero-order valence-electron chi connectivity index (χ0n) is 14.0. The summed E-state index contributed by atoms with van der Waals surface area (Å²) in [5.74, 6) is 1.62. The molecular formula is C17H25N5OS. The highest BCUT2D eigenvalue weighted by Gasteiger charge is 2.23. The number of piperazine rings is 1. The van der Waals surface area contributed by atoms with E-state index in [9.17, 15) is 4.79 Å². The van der Waals surface area contributed by atoms with E-state index >= 15 is 0 Å². The normalized spacial score (nSPS) is 18.1. The fourth-order valence-electron chi connectivity index (χ4n) is 3.00. The van der Waals surface area contributed by atoms with Crippen LogP contribution in [0.25, 0.3) is 0 Å². The van der Waals surface area contributed by atoms with Gasteiger partial charge in [-0.15, -0.1) is 11.3 Å². The smallest absolute Gasteiger partial charge is 0.225 e. The van der Waals surface area contributed by atoms with Crippen LogP contribution in [-0.4, -0.2) is 41.4 Å². The first-order valence-corrected chi connectivity index (χ1v) is 9.11. The molecule has 1 aliphatic rings. The first-order valence-electron chi connectivity index (χ1n) is 8.23. The van der Waals surface area contributed by atoms with Crippen LogP contribution in [0.5, 0.6) is 0 Å². The second kappa shape index (κ2) is 7.27. The summed E-state index contributed by atoms with van der Waals surface area (Å²) in [5, 5.41) is 5.97. The van der Waals surface area contributed by atoms with Gasteiger partial charge in [-0.25, -0.2) is 9.97 Å². The van der Waals surface area contributed by atoms with Gasteiger partial charge in [-0.05, 0) is 24.5 Å². The number of carbonyl (C=O) groups is 1. The molecule has 2 aromatic rings. The highest BCUT2D eigenvalue weighted by atomic mass is 32.1. The van der Waals surface area contributed by atoms with Crippen molar-refractivity contribution in [3.8, 4) is 0 Å². The van der Waals surface area contributed by atoms with Crippen molar-refractivity contribution >= 4 is 28.8 Å². The summed E-state index contributed by atoms with van der Waals surface area (Å²) >= 11 is 1.36. The van der Waals surface area contributed by atoms with Crippen molar-refractivity contribution in [3.05, 3.63) is 34.3 Å². The Labute approximate surface area is 147 Å². The third-order valence-electron chi connectivity index (χ3n) is 4.10. The number of thiazole rings is 1. The average molecular weight is 347 g/mol. The minimum Gasteiger partial charge on any atom is -0.383 e. The SMILES string of the molecule is CC(C)C[C@H]1CN(c2csc(C(=O)c3cccnc3N)n2)CCN1.[HH]. The number of ketones is 1. The van der Waals surface area contributed by atoms with Gasteiger partial charge >= 0.3 is 0 Å². The van der Waals surface area contributed by atoms with E-state index in [0.29, 0.717) is 22.5 Å². The van der Waals surface area contributed by atoms with Gasteiger partial charge in [0.1, 0.15) is 11.6 Å². The Morgan fingerprint density at radius 3 is 3.17 bits per heavy atom. The molecule has 0 saturated carbocycles. The molecule has 1 atom stereocenters. The van der Waals surface area contributed by atoms with Crippen molar-refractivity contribution in [2.45, 2.75) is 26.3 Å².